The van der Waals surface area contributed by atoms with Gasteiger partial charge >= 0.3 is 11.7 Å². The molecule has 1 saturated heterocycles. The van der Waals surface area contributed by atoms with Gasteiger partial charge in [-0.3, -0.25) is 19.1 Å². The topological polar surface area (TPSA) is 126 Å². The van der Waals surface area contributed by atoms with Crippen LogP contribution in [0.3, 0.4) is 0 Å². The molecule has 3 N–H and O–H groups in total. The lowest BCUT2D eigenvalue weighted by molar-refractivity contribution is -0.149. The Bertz CT molecular complexity index is 1050. The molecular formula is C18H19Cl3FN3O6. The second-order valence-electron chi connectivity index (χ2n) is 6.48. The number of hydrogen-bond acceptors (Lipinski definition) is 7. The minimum atomic E-state index is -1.14. The van der Waals surface area contributed by atoms with Gasteiger partial charge < -0.3 is 19.9 Å². The van der Waals surface area contributed by atoms with Gasteiger partial charge in [0.25, 0.3) is 5.56 Å². The molecule has 0 bridgehead atoms. The van der Waals surface area contributed by atoms with Crippen LogP contribution < -0.4 is 17.0 Å². The van der Waals surface area contributed by atoms with Crippen molar-refractivity contribution >= 4 is 41.6 Å². The summed E-state index contributed by atoms with van der Waals surface area (Å²) in [4.78, 5) is 36.6. The van der Waals surface area contributed by atoms with Crippen LogP contribution in [0.1, 0.15) is 18.2 Å². The van der Waals surface area contributed by atoms with E-state index in [2.05, 4.69) is 0 Å². The highest BCUT2D eigenvalue weighted by atomic mass is 35.5. The van der Waals surface area contributed by atoms with Crippen molar-refractivity contribution in [1.82, 2.24) is 9.55 Å². The lowest BCUT2D eigenvalue weighted by atomic mass is 10.1. The first-order valence-electron chi connectivity index (χ1n) is 8.86. The van der Waals surface area contributed by atoms with E-state index in [1.54, 1.807) is 18.2 Å². The Hall–Kier alpha value is -1.95. The maximum Gasteiger partial charge on any atom is 0.330 e. The highest BCUT2D eigenvalue weighted by Crippen LogP contribution is 2.31. The van der Waals surface area contributed by atoms with Crippen LogP contribution >= 0.6 is 35.6 Å². The van der Waals surface area contributed by atoms with Gasteiger partial charge in [0.2, 0.25) is 5.82 Å². The molecule has 13 heteroatoms. The smallest absolute Gasteiger partial charge is 0.330 e. The number of aromatic amines is 1. The number of H-pyrrole nitrogens is 1. The van der Waals surface area contributed by atoms with Gasteiger partial charge in [-0.2, -0.15) is 4.39 Å². The number of hydrogen-bond donors (Lipinski definition) is 2. The van der Waals surface area contributed by atoms with E-state index in [1.807, 2.05) is 4.98 Å². The highest BCUT2D eigenvalue weighted by molar-refractivity contribution is 6.35. The summed E-state index contributed by atoms with van der Waals surface area (Å²) in [5.74, 6) is -1.78. The Labute approximate surface area is 191 Å². The lowest BCUT2D eigenvalue weighted by Gasteiger charge is -2.19. The van der Waals surface area contributed by atoms with Gasteiger partial charge in [0.1, 0.15) is 18.9 Å². The molecule has 3 rings (SSSR count). The van der Waals surface area contributed by atoms with Crippen molar-refractivity contribution in [2.45, 2.75) is 31.5 Å². The van der Waals surface area contributed by atoms with Crippen molar-refractivity contribution in [1.29, 1.82) is 0 Å². The molecule has 3 atom stereocenters. The van der Waals surface area contributed by atoms with Crippen molar-refractivity contribution in [2.24, 2.45) is 5.73 Å². The fourth-order valence-electron chi connectivity index (χ4n) is 2.94. The van der Waals surface area contributed by atoms with E-state index < -0.39 is 41.5 Å². The van der Waals surface area contributed by atoms with Gasteiger partial charge in [-0.15, -0.1) is 12.4 Å². The third-order valence-corrected chi connectivity index (χ3v) is 5.05. The zero-order valence-electron chi connectivity index (χ0n) is 15.9. The fraction of sp³-hybridized carbons (Fsp3) is 0.389. The molecule has 1 aromatic carbocycles. The average Bonchev–Trinajstić information content (AvgIpc) is 3.11. The molecule has 1 fully saturated rings. The Balaban J connectivity index is 0.00000341. The Morgan fingerprint density at radius 2 is 2.10 bits per heavy atom. The van der Waals surface area contributed by atoms with E-state index in [0.717, 1.165) is 10.8 Å². The number of nitrogens with one attached hydrogen (secondary N) is 1. The number of carbonyl (C=O) groups excluding carboxylic acids is 1. The van der Waals surface area contributed by atoms with E-state index in [-0.39, 0.29) is 38.6 Å². The number of esters is 1. The molecule has 0 radical (unpaired) electrons. The number of halogens is 4. The SMILES string of the molecule is Cl.NCC(=O)OC[C@@H]1O[C@H](n2cc(F)c(=O)[nH]c2=O)CC1OCc1ccc(Cl)cc1Cl. The Morgan fingerprint density at radius 1 is 1.35 bits per heavy atom. The van der Waals surface area contributed by atoms with Gasteiger partial charge in [0.05, 0.1) is 25.5 Å². The summed E-state index contributed by atoms with van der Waals surface area (Å²) in [6.07, 6.45) is -1.46. The highest BCUT2D eigenvalue weighted by Gasteiger charge is 2.38. The van der Waals surface area contributed by atoms with Crippen LogP contribution in [-0.4, -0.2) is 40.9 Å². The third kappa shape index (κ3) is 6.28. The lowest BCUT2D eigenvalue weighted by Crippen LogP contribution is -2.34. The summed E-state index contributed by atoms with van der Waals surface area (Å²) < 4.78 is 31.2. The molecule has 2 aromatic rings. The molecule has 0 aliphatic carbocycles. The van der Waals surface area contributed by atoms with Gasteiger partial charge in [-0.1, -0.05) is 29.3 Å². The first-order chi connectivity index (χ1) is 14.3. The molecule has 1 aliphatic heterocycles. The molecule has 1 unspecified atom stereocenters. The molecular weight excluding hydrogens is 480 g/mol. The summed E-state index contributed by atoms with van der Waals surface area (Å²) in [5, 5.41) is 0.877. The first-order valence-corrected chi connectivity index (χ1v) is 9.61. The monoisotopic (exact) mass is 497 g/mol. The predicted octanol–water partition coefficient (Wildman–Crippen LogP) is 1.78. The van der Waals surface area contributed by atoms with E-state index in [1.165, 1.54) is 0 Å². The van der Waals surface area contributed by atoms with Crippen LogP contribution in [0.4, 0.5) is 4.39 Å². The van der Waals surface area contributed by atoms with Gasteiger partial charge in [0, 0.05) is 16.5 Å². The number of aromatic nitrogens is 2. The van der Waals surface area contributed by atoms with Crippen LogP contribution in [0, 0.1) is 5.82 Å². The molecule has 2 heterocycles. The quantitative estimate of drug-likeness (QED) is 0.557. The largest absolute Gasteiger partial charge is 0.462 e. The minimum Gasteiger partial charge on any atom is -0.462 e. The van der Waals surface area contributed by atoms with Crippen molar-refractivity contribution in [3.8, 4) is 0 Å². The number of carbonyl (C=O) groups is 1. The summed E-state index contributed by atoms with van der Waals surface area (Å²) in [6, 6.07) is 4.92. The van der Waals surface area contributed by atoms with E-state index in [9.17, 15) is 18.8 Å². The van der Waals surface area contributed by atoms with E-state index in [4.69, 9.17) is 43.1 Å². The molecule has 31 heavy (non-hydrogen) atoms. The molecule has 0 saturated carbocycles. The number of nitrogens with zero attached hydrogens (tertiary/aromatic N) is 1. The summed E-state index contributed by atoms with van der Waals surface area (Å²) in [5.41, 5.74) is 3.92. The molecule has 0 amide bonds. The molecule has 170 valence electrons. The standard InChI is InChI=1S/C18H18Cl2FN3O6.ClH/c19-10-2-1-9(11(20)3-10)7-28-13-4-15(30-14(13)8-29-16(25)5-22)24-6-12(21)17(26)23-18(24)27;/h1-3,6,13-15H,4-5,7-8,22H2,(H,23,26,27);1H/t13?,14-,15-;/m0./s1. The zero-order chi connectivity index (χ0) is 21.8. The third-order valence-electron chi connectivity index (χ3n) is 4.46. The van der Waals surface area contributed by atoms with E-state index in [0.29, 0.717) is 15.6 Å². The first kappa shape index (κ1) is 25.3. The maximum atomic E-state index is 13.7. The summed E-state index contributed by atoms with van der Waals surface area (Å²) in [6.45, 7) is -0.411. The van der Waals surface area contributed by atoms with Crippen LogP contribution in [0.15, 0.2) is 34.0 Å². The normalized spacial score (nSPS) is 20.3. The predicted molar refractivity (Wildman–Crippen MR) is 112 cm³/mol. The van der Waals surface area contributed by atoms with Gasteiger partial charge in [-0.05, 0) is 17.7 Å². The molecule has 1 aliphatic rings. The number of rotatable bonds is 7. The average molecular weight is 499 g/mol. The number of nitrogens with two attached hydrogens (primary N) is 1. The van der Waals surface area contributed by atoms with Crippen LogP contribution in [0.25, 0.3) is 0 Å². The van der Waals surface area contributed by atoms with Crippen molar-refractivity contribution in [2.75, 3.05) is 13.2 Å². The summed E-state index contributed by atoms with van der Waals surface area (Å²) in [7, 11) is 0. The van der Waals surface area contributed by atoms with E-state index >= 15 is 0 Å². The minimum absolute atomic E-state index is 0. The summed E-state index contributed by atoms with van der Waals surface area (Å²) >= 11 is 12.0. The zero-order valence-corrected chi connectivity index (χ0v) is 18.2. The van der Waals surface area contributed by atoms with Crippen molar-refractivity contribution in [3.63, 3.8) is 0 Å². The second-order valence-corrected chi connectivity index (χ2v) is 7.32. The van der Waals surface area contributed by atoms with Crippen molar-refractivity contribution < 1.29 is 23.4 Å². The maximum absolute atomic E-state index is 13.7. The molecule has 9 nitrogen and oxygen atoms in total. The second kappa shape index (κ2) is 11.1. The molecule has 0 spiro atoms. The van der Waals surface area contributed by atoms with Crippen LogP contribution in [-0.2, 0) is 25.6 Å². The number of benzene rings is 1. The number of ether oxygens (including phenoxy) is 3. The van der Waals surface area contributed by atoms with Gasteiger partial charge in [0.15, 0.2) is 0 Å². The van der Waals surface area contributed by atoms with Crippen LogP contribution in [0.2, 0.25) is 10.0 Å². The Morgan fingerprint density at radius 3 is 2.77 bits per heavy atom. The van der Waals surface area contributed by atoms with Gasteiger partial charge in [-0.25, -0.2) is 4.79 Å². The fourth-order valence-corrected chi connectivity index (χ4v) is 3.40. The van der Waals surface area contributed by atoms with Crippen LogP contribution in [0.5, 0.6) is 0 Å². The Kier molecular flexibility index (Phi) is 9.04. The van der Waals surface area contributed by atoms with Crippen molar-refractivity contribution in [3.05, 3.63) is 66.7 Å². The molecule has 1 aromatic heterocycles.